The zero-order chi connectivity index (χ0) is 13.9. The van der Waals surface area contributed by atoms with E-state index in [0.717, 1.165) is 19.3 Å². The molecule has 0 aromatic heterocycles. The highest BCUT2D eigenvalue weighted by Gasteiger charge is 2.26. The molecule has 0 heterocycles. The Labute approximate surface area is 121 Å². The second-order valence-electron chi connectivity index (χ2n) is 6.12. The lowest BCUT2D eigenvalue weighted by atomic mass is 9.74. The molecule has 1 aliphatic rings. The summed E-state index contributed by atoms with van der Waals surface area (Å²) in [6.07, 6.45) is 4.52. The number of fused-ring (bicyclic) bond motifs is 1. The lowest BCUT2D eigenvalue weighted by molar-refractivity contribution is 0.467. The van der Waals surface area contributed by atoms with Gasteiger partial charge in [0.15, 0.2) is 0 Å². The normalized spacial score (nSPS) is 18.2. The maximum Gasteiger partial charge on any atom is 0.00479 e. The Morgan fingerprint density at radius 2 is 1.85 bits per heavy atom. The van der Waals surface area contributed by atoms with Crippen LogP contribution in [0, 0.1) is 6.92 Å². The van der Waals surface area contributed by atoms with Crippen LogP contribution in [-0.4, -0.2) is 6.04 Å². The average molecular weight is 265 g/mol. The Balaban J connectivity index is 1.49. The monoisotopic (exact) mass is 265 g/mol. The van der Waals surface area contributed by atoms with E-state index in [4.69, 9.17) is 5.73 Å². The molecule has 0 saturated heterocycles. The fourth-order valence-electron chi connectivity index (χ4n) is 3.16. The van der Waals surface area contributed by atoms with Crippen molar-refractivity contribution in [3.8, 4) is 0 Å². The molecule has 2 atom stereocenters. The van der Waals surface area contributed by atoms with Crippen molar-refractivity contribution in [2.75, 3.05) is 0 Å². The molecule has 0 saturated carbocycles. The topological polar surface area (TPSA) is 26.0 Å². The van der Waals surface area contributed by atoms with Gasteiger partial charge in [0.2, 0.25) is 0 Å². The number of hydrogen-bond donors (Lipinski definition) is 1. The van der Waals surface area contributed by atoms with Crippen LogP contribution in [0.2, 0.25) is 0 Å². The quantitative estimate of drug-likeness (QED) is 0.869. The van der Waals surface area contributed by atoms with E-state index in [1.54, 1.807) is 0 Å². The Hall–Kier alpha value is -1.60. The van der Waals surface area contributed by atoms with Gasteiger partial charge in [-0.25, -0.2) is 0 Å². The first-order chi connectivity index (χ1) is 9.72. The van der Waals surface area contributed by atoms with Gasteiger partial charge in [-0.3, -0.25) is 0 Å². The molecule has 1 heteroatoms. The smallest absolute Gasteiger partial charge is 0.00479 e. The fraction of sp³-hybridized carbons (Fsp3) is 0.368. The van der Waals surface area contributed by atoms with Gasteiger partial charge in [0, 0.05) is 6.04 Å². The summed E-state index contributed by atoms with van der Waals surface area (Å²) in [4.78, 5) is 0. The lowest BCUT2D eigenvalue weighted by Crippen LogP contribution is -2.28. The van der Waals surface area contributed by atoms with Crippen LogP contribution in [0.25, 0.3) is 0 Å². The van der Waals surface area contributed by atoms with Crippen molar-refractivity contribution in [2.24, 2.45) is 5.73 Å². The number of hydrogen-bond acceptors (Lipinski definition) is 1. The van der Waals surface area contributed by atoms with E-state index in [2.05, 4.69) is 55.5 Å². The molecular formula is C19H23N. The maximum atomic E-state index is 6.32. The van der Waals surface area contributed by atoms with Crippen molar-refractivity contribution in [1.29, 1.82) is 0 Å². The van der Waals surface area contributed by atoms with Crippen LogP contribution in [0.3, 0.4) is 0 Å². The summed E-state index contributed by atoms with van der Waals surface area (Å²) in [5.74, 6) is 0.694. The summed E-state index contributed by atoms with van der Waals surface area (Å²) >= 11 is 0. The molecule has 0 amide bonds. The second-order valence-corrected chi connectivity index (χ2v) is 6.12. The first-order valence-electron chi connectivity index (χ1n) is 7.61. The zero-order valence-electron chi connectivity index (χ0n) is 12.2. The van der Waals surface area contributed by atoms with Gasteiger partial charge < -0.3 is 5.73 Å². The van der Waals surface area contributed by atoms with Crippen molar-refractivity contribution in [2.45, 2.75) is 44.6 Å². The largest absolute Gasteiger partial charge is 0.328 e. The molecule has 0 aliphatic heterocycles. The average Bonchev–Trinajstić information content (AvgIpc) is 2.44. The van der Waals surface area contributed by atoms with Gasteiger partial charge in [-0.05, 0) is 55.2 Å². The van der Waals surface area contributed by atoms with E-state index >= 15 is 0 Å². The van der Waals surface area contributed by atoms with E-state index in [1.165, 1.54) is 28.7 Å². The van der Waals surface area contributed by atoms with E-state index in [1.807, 2.05) is 0 Å². The van der Waals surface area contributed by atoms with Crippen molar-refractivity contribution < 1.29 is 0 Å². The summed E-state index contributed by atoms with van der Waals surface area (Å²) in [7, 11) is 0. The third kappa shape index (κ3) is 2.94. The zero-order valence-corrected chi connectivity index (χ0v) is 12.2. The van der Waals surface area contributed by atoms with Crippen LogP contribution in [0.5, 0.6) is 0 Å². The predicted octanol–water partition coefficient (Wildman–Crippen LogP) is 3.98. The summed E-state index contributed by atoms with van der Waals surface area (Å²) in [6, 6.07) is 17.9. The molecule has 0 spiro atoms. The van der Waals surface area contributed by atoms with E-state index in [9.17, 15) is 0 Å². The highest BCUT2D eigenvalue weighted by molar-refractivity contribution is 5.39. The van der Waals surface area contributed by atoms with Crippen LogP contribution in [0.15, 0.2) is 48.5 Å². The second kappa shape index (κ2) is 5.80. The molecule has 0 radical (unpaired) electrons. The molecule has 2 unspecified atom stereocenters. The fourth-order valence-corrected chi connectivity index (χ4v) is 3.16. The van der Waals surface area contributed by atoms with Gasteiger partial charge >= 0.3 is 0 Å². The Kier molecular flexibility index (Phi) is 3.88. The third-order valence-electron chi connectivity index (χ3n) is 4.47. The summed E-state index contributed by atoms with van der Waals surface area (Å²) < 4.78 is 0. The van der Waals surface area contributed by atoms with Crippen molar-refractivity contribution in [1.82, 2.24) is 0 Å². The SMILES string of the molecule is Cc1ccc(CCC(N)CC2Cc3ccccc32)cc1. The molecule has 0 bridgehead atoms. The molecule has 2 N–H and O–H groups in total. The molecule has 1 nitrogen and oxygen atoms in total. The van der Waals surface area contributed by atoms with E-state index < -0.39 is 0 Å². The minimum absolute atomic E-state index is 0.314. The molecule has 20 heavy (non-hydrogen) atoms. The number of nitrogens with two attached hydrogens (primary N) is 1. The summed E-state index contributed by atoms with van der Waals surface area (Å²) in [6.45, 7) is 2.13. The standard InChI is InChI=1S/C19H23N/c1-14-6-8-15(9-7-14)10-11-18(20)13-17-12-16-4-2-3-5-19(16)17/h2-9,17-18H,10-13,20H2,1H3. The van der Waals surface area contributed by atoms with Gasteiger partial charge in [0.05, 0.1) is 0 Å². The Morgan fingerprint density at radius 3 is 2.60 bits per heavy atom. The number of rotatable bonds is 5. The summed E-state index contributed by atoms with van der Waals surface area (Å²) in [5, 5.41) is 0. The highest BCUT2D eigenvalue weighted by Crippen LogP contribution is 2.38. The number of benzene rings is 2. The Morgan fingerprint density at radius 1 is 1.10 bits per heavy atom. The molecule has 2 aromatic rings. The minimum atomic E-state index is 0.314. The molecule has 1 aliphatic carbocycles. The molecule has 2 aromatic carbocycles. The van der Waals surface area contributed by atoms with Gasteiger partial charge in [-0.15, -0.1) is 0 Å². The van der Waals surface area contributed by atoms with Gasteiger partial charge in [-0.1, -0.05) is 54.1 Å². The minimum Gasteiger partial charge on any atom is -0.328 e. The Bertz CT molecular complexity index is 571. The third-order valence-corrected chi connectivity index (χ3v) is 4.47. The number of aryl methyl sites for hydroxylation is 2. The van der Waals surface area contributed by atoms with Gasteiger partial charge in [0.25, 0.3) is 0 Å². The lowest BCUT2D eigenvalue weighted by Gasteiger charge is -2.32. The van der Waals surface area contributed by atoms with Crippen molar-refractivity contribution in [3.63, 3.8) is 0 Å². The van der Waals surface area contributed by atoms with Crippen LogP contribution >= 0.6 is 0 Å². The molecule has 0 fully saturated rings. The molecule has 104 valence electrons. The van der Waals surface area contributed by atoms with Crippen LogP contribution in [0.1, 0.15) is 41.0 Å². The van der Waals surface area contributed by atoms with Crippen LogP contribution in [0.4, 0.5) is 0 Å². The van der Waals surface area contributed by atoms with Crippen molar-refractivity contribution in [3.05, 3.63) is 70.8 Å². The van der Waals surface area contributed by atoms with Gasteiger partial charge in [0.1, 0.15) is 0 Å². The first-order valence-corrected chi connectivity index (χ1v) is 7.61. The predicted molar refractivity (Wildman–Crippen MR) is 85.0 cm³/mol. The highest BCUT2D eigenvalue weighted by atomic mass is 14.6. The van der Waals surface area contributed by atoms with Crippen LogP contribution in [-0.2, 0) is 12.8 Å². The van der Waals surface area contributed by atoms with Crippen LogP contribution < -0.4 is 5.73 Å². The van der Waals surface area contributed by atoms with E-state index in [0.29, 0.717) is 12.0 Å². The maximum absolute atomic E-state index is 6.32. The van der Waals surface area contributed by atoms with Crippen molar-refractivity contribution >= 4 is 0 Å². The molecule has 3 rings (SSSR count). The first kappa shape index (κ1) is 13.4. The van der Waals surface area contributed by atoms with E-state index in [-0.39, 0.29) is 0 Å². The molecular weight excluding hydrogens is 242 g/mol. The van der Waals surface area contributed by atoms with Gasteiger partial charge in [-0.2, -0.15) is 0 Å². The summed E-state index contributed by atoms with van der Waals surface area (Å²) in [5.41, 5.74) is 12.1.